The maximum atomic E-state index is 11.3. The highest BCUT2D eigenvalue weighted by atomic mass is 32.1. The maximum Gasteiger partial charge on any atom is 0.271 e. The third-order valence-corrected chi connectivity index (χ3v) is 3.55. The number of anilines is 1. The fourth-order valence-electron chi connectivity index (χ4n) is 1.43. The van der Waals surface area contributed by atoms with Gasteiger partial charge in [-0.1, -0.05) is 0 Å². The lowest BCUT2D eigenvalue weighted by Gasteiger charge is -2.04. The Morgan fingerprint density at radius 2 is 2.17 bits per heavy atom. The van der Waals surface area contributed by atoms with Crippen molar-refractivity contribution in [3.63, 3.8) is 0 Å². The van der Waals surface area contributed by atoms with Gasteiger partial charge >= 0.3 is 0 Å². The number of hydrogen-bond donors (Lipinski definition) is 2. The molecule has 0 aliphatic heterocycles. The van der Waals surface area contributed by atoms with Gasteiger partial charge in [-0.05, 0) is 36.1 Å². The lowest BCUT2D eigenvalue weighted by molar-refractivity contribution is 0.0957. The Hall–Kier alpha value is -1.95. The van der Waals surface area contributed by atoms with Crippen LogP contribution in [0.2, 0.25) is 0 Å². The molecule has 2 aromatic heterocycles. The third-order valence-electron chi connectivity index (χ3n) is 2.52. The molecule has 0 saturated carbocycles. The van der Waals surface area contributed by atoms with Crippen LogP contribution in [0.25, 0.3) is 0 Å². The number of nitrogens with one attached hydrogen (secondary N) is 2. The summed E-state index contributed by atoms with van der Waals surface area (Å²) in [5.41, 5.74) is 1.58. The van der Waals surface area contributed by atoms with Crippen LogP contribution in [-0.2, 0) is 6.54 Å². The summed E-state index contributed by atoms with van der Waals surface area (Å²) < 4.78 is 0. The average Bonchev–Trinajstić information content (AvgIpc) is 2.81. The summed E-state index contributed by atoms with van der Waals surface area (Å²) in [7, 11) is 1.57. The molecule has 2 N–H and O–H groups in total. The van der Waals surface area contributed by atoms with Crippen LogP contribution in [0, 0.1) is 6.92 Å². The first kappa shape index (κ1) is 12.5. The Morgan fingerprint density at radius 3 is 2.72 bits per heavy atom. The Labute approximate surface area is 109 Å². The van der Waals surface area contributed by atoms with Gasteiger partial charge in [0, 0.05) is 11.9 Å². The topological polar surface area (TPSA) is 66.9 Å². The van der Waals surface area contributed by atoms with Crippen molar-refractivity contribution in [2.75, 3.05) is 12.4 Å². The summed E-state index contributed by atoms with van der Waals surface area (Å²) in [6.45, 7) is 2.80. The standard InChI is InChI=1S/C12H14N4OS/c1-8-5-6-18-10(8)7-14-11-4-3-9(15-16-11)12(17)13-2/h3-6H,7H2,1-2H3,(H,13,17)(H,14,16). The minimum atomic E-state index is -0.233. The van der Waals surface area contributed by atoms with E-state index in [0.29, 0.717) is 11.5 Å². The molecule has 0 fully saturated rings. The lowest BCUT2D eigenvalue weighted by Crippen LogP contribution is -2.19. The highest BCUT2D eigenvalue weighted by molar-refractivity contribution is 7.10. The molecule has 6 heteroatoms. The van der Waals surface area contributed by atoms with E-state index in [2.05, 4.69) is 39.2 Å². The summed E-state index contributed by atoms with van der Waals surface area (Å²) >= 11 is 1.71. The van der Waals surface area contributed by atoms with Crippen LogP contribution in [0.5, 0.6) is 0 Å². The molecular weight excluding hydrogens is 248 g/mol. The third kappa shape index (κ3) is 2.84. The molecule has 0 saturated heterocycles. The molecule has 2 aromatic rings. The van der Waals surface area contributed by atoms with E-state index in [4.69, 9.17) is 0 Å². The van der Waals surface area contributed by atoms with E-state index in [1.165, 1.54) is 10.4 Å². The fraction of sp³-hybridized carbons (Fsp3) is 0.250. The molecule has 0 radical (unpaired) electrons. The van der Waals surface area contributed by atoms with Crippen molar-refractivity contribution in [2.45, 2.75) is 13.5 Å². The van der Waals surface area contributed by atoms with Crippen molar-refractivity contribution in [1.29, 1.82) is 0 Å². The monoisotopic (exact) mass is 262 g/mol. The predicted molar refractivity (Wildman–Crippen MR) is 71.8 cm³/mol. The smallest absolute Gasteiger partial charge is 0.271 e. The van der Waals surface area contributed by atoms with Gasteiger partial charge in [0.1, 0.15) is 5.82 Å². The van der Waals surface area contributed by atoms with E-state index in [0.717, 1.165) is 6.54 Å². The number of aromatic nitrogens is 2. The average molecular weight is 262 g/mol. The molecule has 2 heterocycles. The summed E-state index contributed by atoms with van der Waals surface area (Å²) in [4.78, 5) is 12.6. The van der Waals surface area contributed by atoms with E-state index in [9.17, 15) is 4.79 Å². The number of amides is 1. The first-order valence-corrected chi connectivity index (χ1v) is 6.41. The van der Waals surface area contributed by atoms with Gasteiger partial charge < -0.3 is 10.6 Å². The van der Waals surface area contributed by atoms with E-state index in [-0.39, 0.29) is 5.91 Å². The van der Waals surface area contributed by atoms with Crippen LogP contribution in [-0.4, -0.2) is 23.2 Å². The first-order valence-electron chi connectivity index (χ1n) is 5.53. The van der Waals surface area contributed by atoms with E-state index in [1.807, 2.05) is 0 Å². The quantitative estimate of drug-likeness (QED) is 0.882. The summed E-state index contributed by atoms with van der Waals surface area (Å²) in [6.07, 6.45) is 0. The molecule has 0 aliphatic rings. The zero-order chi connectivity index (χ0) is 13.0. The number of thiophene rings is 1. The van der Waals surface area contributed by atoms with Crippen LogP contribution >= 0.6 is 11.3 Å². The van der Waals surface area contributed by atoms with Crippen molar-refractivity contribution < 1.29 is 4.79 Å². The van der Waals surface area contributed by atoms with Crippen LogP contribution in [0.3, 0.4) is 0 Å². The van der Waals surface area contributed by atoms with Crippen LogP contribution in [0.1, 0.15) is 20.9 Å². The van der Waals surface area contributed by atoms with Gasteiger partial charge in [0.25, 0.3) is 5.91 Å². The second-order valence-electron chi connectivity index (χ2n) is 3.76. The molecule has 18 heavy (non-hydrogen) atoms. The zero-order valence-electron chi connectivity index (χ0n) is 10.2. The van der Waals surface area contributed by atoms with Crippen LogP contribution in [0.15, 0.2) is 23.6 Å². The summed E-state index contributed by atoms with van der Waals surface area (Å²) in [6, 6.07) is 5.48. The second kappa shape index (κ2) is 5.59. The molecule has 0 unspecified atom stereocenters. The minimum Gasteiger partial charge on any atom is -0.364 e. The predicted octanol–water partition coefficient (Wildman–Crippen LogP) is 1.82. The maximum absolute atomic E-state index is 11.3. The number of carbonyl (C=O) groups excluding carboxylic acids is 1. The fourth-order valence-corrected chi connectivity index (χ4v) is 2.28. The number of aryl methyl sites for hydroxylation is 1. The van der Waals surface area contributed by atoms with E-state index < -0.39 is 0 Å². The Morgan fingerprint density at radius 1 is 1.33 bits per heavy atom. The molecular formula is C12H14N4OS. The number of rotatable bonds is 4. The van der Waals surface area contributed by atoms with Crippen molar-refractivity contribution in [2.24, 2.45) is 0 Å². The van der Waals surface area contributed by atoms with Crippen molar-refractivity contribution >= 4 is 23.1 Å². The van der Waals surface area contributed by atoms with Gasteiger partial charge in [-0.25, -0.2) is 0 Å². The lowest BCUT2D eigenvalue weighted by atomic mass is 10.3. The summed E-state index contributed by atoms with van der Waals surface area (Å²) in [5, 5.41) is 15.6. The highest BCUT2D eigenvalue weighted by Gasteiger charge is 2.05. The minimum absolute atomic E-state index is 0.233. The molecule has 0 aromatic carbocycles. The Kier molecular flexibility index (Phi) is 3.88. The van der Waals surface area contributed by atoms with Crippen LogP contribution in [0.4, 0.5) is 5.82 Å². The van der Waals surface area contributed by atoms with Crippen LogP contribution < -0.4 is 10.6 Å². The highest BCUT2D eigenvalue weighted by Crippen LogP contribution is 2.16. The number of hydrogen-bond acceptors (Lipinski definition) is 5. The molecule has 5 nitrogen and oxygen atoms in total. The van der Waals surface area contributed by atoms with Gasteiger partial charge in [-0.3, -0.25) is 4.79 Å². The van der Waals surface area contributed by atoms with Gasteiger partial charge in [0.2, 0.25) is 0 Å². The molecule has 0 aliphatic carbocycles. The van der Waals surface area contributed by atoms with Gasteiger partial charge in [-0.2, -0.15) is 0 Å². The number of nitrogens with zero attached hydrogens (tertiary/aromatic N) is 2. The molecule has 1 amide bonds. The van der Waals surface area contributed by atoms with E-state index in [1.54, 1.807) is 30.5 Å². The van der Waals surface area contributed by atoms with Gasteiger partial charge in [0.15, 0.2) is 5.69 Å². The SMILES string of the molecule is CNC(=O)c1ccc(NCc2sccc2C)nn1. The molecule has 0 atom stereocenters. The van der Waals surface area contributed by atoms with Gasteiger partial charge in [-0.15, -0.1) is 21.5 Å². The molecule has 0 bridgehead atoms. The molecule has 2 rings (SSSR count). The summed E-state index contributed by atoms with van der Waals surface area (Å²) in [5.74, 6) is 0.429. The molecule has 94 valence electrons. The van der Waals surface area contributed by atoms with Crippen molar-refractivity contribution in [3.8, 4) is 0 Å². The second-order valence-corrected chi connectivity index (χ2v) is 4.76. The number of carbonyl (C=O) groups is 1. The Balaban J connectivity index is 1.98. The van der Waals surface area contributed by atoms with Gasteiger partial charge in [0.05, 0.1) is 6.54 Å². The molecule has 0 spiro atoms. The normalized spacial score (nSPS) is 10.1. The van der Waals surface area contributed by atoms with Crippen molar-refractivity contribution in [3.05, 3.63) is 39.7 Å². The Bertz CT molecular complexity index is 535. The largest absolute Gasteiger partial charge is 0.364 e. The van der Waals surface area contributed by atoms with E-state index >= 15 is 0 Å². The van der Waals surface area contributed by atoms with Crippen molar-refractivity contribution in [1.82, 2.24) is 15.5 Å². The zero-order valence-corrected chi connectivity index (χ0v) is 11.0. The first-order chi connectivity index (χ1) is 8.70.